The van der Waals surface area contributed by atoms with Crippen molar-refractivity contribution in [2.75, 3.05) is 6.61 Å². The Morgan fingerprint density at radius 3 is 2.73 bits per heavy atom. The molecule has 1 aromatic carbocycles. The minimum atomic E-state index is -0.0866. The van der Waals surface area contributed by atoms with Gasteiger partial charge in [0.1, 0.15) is 0 Å². The molecule has 80 valence electrons. The van der Waals surface area contributed by atoms with Crippen LogP contribution in [0.25, 0.3) is 0 Å². The van der Waals surface area contributed by atoms with Gasteiger partial charge in [0.15, 0.2) is 0 Å². The van der Waals surface area contributed by atoms with Crippen LogP contribution in [0.5, 0.6) is 0 Å². The van der Waals surface area contributed by atoms with Crippen molar-refractivity contribution in [2.24, 2.45) is 0 Å². The Morgan fingerprint density at radius 2 is 2.07 bits per heavy atom. The van der Waals surface area contributed by atoms with Gasteiger partial charge >= 0.3 is 0 Å². The summed E-state index contributed by atoms with van der Waals surface area (Å²) in [6.45, 7) is 0.0229. The molecule has 1 aliphatic rings. The first kappa shape index (κ1) is 10.2. The third-order valence-electron chi connectivity index (χ3n) is 2.86. The third-order valence-corrected chi connectivity index (χ3v) is 2.86. The first-order chi connectivity index (χ1) is 7.29. The molecule has 1 amide bonds. The average Bonchev–Trinajstić information content (AvgIpc) is 2.29. The summed E-state index contributed by atoms with van der Waals surface area (Å²) in [5, 5.41) is 11.8. The van der Waals surface area contributed by atoms with Gasteiger partial charge in [0.2, 0.25) is 5.91 Å². The summed E-state index contributed by atoms with van der Waals surface area (Å²) in [5.74, 6) is 0.284. The van der Waals surface area contributed by atoms with Gasteiger partial charge < -0.3 is 10.4 Å². The van der Waals surface area contributed by atoms with E-state index < -0.39 is 0 Å². The van der Waals surface area contributed by atoms with Crippen molar-refractivity contribution in [1.82, 2.24) is 5.32 Å². The summed E-state index contributed by atoms with van der Waals surface area (Å²) in [4.78, 5) is 11.4. The van der Waals surface area contributed by atoms with Gasteiger partial charge in [-0.05, 0) is 17.9 Å². The van der Waals surface area contributed by atoms with Gasteiger partial charge in [-0.1, -0.05) is 30.3 Å². The van der Waals surface area contributed by atoms with Crippen molar-refractivity contribution in [3.05, 3.63) is 35.9 Å². The van der Waals surface area contributed by atoms with Crippen LogP contribution in [0, 0.1) is 0 Å². The lowest BCUT2D eigenvalue weighted by Gasteiger charge is -2.28. The Balaban J connectivity index is 2.12. The lowest BCUT2D eigenvalue weighted by Crippen LogP contribution is -2.43. The summed E-state index contributed by atoms with van der Waals surface area (Å²) in [6.07, 6.45) is 1.35. The van der Waals surface area contributed by atoms with Gasteiger partial charge in [-0.3, -0.25) is 4.79 Å². The number of aliphatic hydroxyl groups is 1. The molecular weight excluding hydrogens is 190 g/mol. The van der Waals surface area contributed by atoms with E-state index in [9.17, 15) is 4.79 Å². The largest absolute Gasteiger partial charge is 0.394 e. The highest BCUT2D eigenvalue weighted by Crippen LogP contribution is 2.27. The summed E-state index contributed by atoms with van der Waals surface area (Å²) >= 11 is 0. The van der Waals surface area contributed by atoms with Gasteiger partial charge in [-0.2, -0.15) is 0 Å². The van der Waals surface area contributed by atoms with E-state index in [0.717, 1.165) is 6.42 Å². The fourth-order valence-corrected chi connectivity index (χ4v) is 2.10. The van der Waals surface area contributed by atoms with Crippen LogP contribution in [0.3, 0.4) is 0 Å². The molecule has 0 unspecified atom stereocenters. The number of piperidine rings is 1. The Hall–Kier alpha value is -1.35. The lowest BCUT2D eigenvalue weighted by molar-refractivity contribution is -0.124. The van der Waals surface area contributed by atoms with Gasteiger partial charge in [0, 0.05) is 6.42 Å². The monoisotopic (exact) mass is 205 g/mol. The fraction of sp³-hybridized carbons (Fsp3) is 0.417. The van der Waals surface area contributed by atoms with Crippen LogP contribution in [0.4, 0.5) is 0 Å². The second kappa shape index (κ2) is 4.45. The molecule has 0 aromatic heterocycles. The minimum absolute atomic E-state index is 0.0229. The normalized spacial score (nSPS) is 26.1. The van der Waals surface area contributed by atoms with E-state index in [0.29, 0.717) is 6.42 Å². The van der Waals surface area contributed by atoms with E-state index in [1.165, 1.54) is 5.56 Å². The minimum Gasteiger partial charge on any atom is -0.394 e. The fourth-order valence-electron chi connectivity index (χ4n) is 2.10. The molecule has 2 N–H and O–H groups in total. The molecular formula is C12H15NO2. The van der Waals surface area contributed by atoms with Crippen molar-refractivity contribution in [3.63, 3.8) is 0 Å². The molecule has 2 atom stereocenters. The summed E-state index contributed by atoms with van der Waals surface area (Å²) in [6, 6.07) is 9.92. The maximum absolute atomic E-state index is 11.4. The molecule has 1 aliphatic heterocycles. The summed E-state index contributed by atoms with van der Waals surface area (Å²) < 4.78 is 0. The number of benzene rings is 1. The topological polar surface area (TPSA) is 49.3 Å². The molecule has 0 radical (unpaired) electrons. The van der Waals surface area contributed by atoms with E-state index in [4.69, 9.17) is 5.11 Å². The zero-order chi connectivity index (χ0) is 10.7. The quantitative estimate of drug-likeness (QED) is 0.758. The van der Waals surface area contributed by atoms with E-state index in [-0.39, 0.29) is 24.5 Å². The molecule has 2 rings (SSSR count). The number of carbonyl (C=O) groups is 1. The van der Waals surface area contributed by atoms with E-state index in [2.05, 4.69) is 5.32 Å². The second-order valence-corrected chi connectivity index (χ2v) is 3.99. The standard InChI is InChI=1S/C12H15NO2/c14-8-11-6-10(7-12(15)13-11)9-4-2-1-3-5-9/h1-5,10-11,14H,6-8H2,(H,13,15)/t10-,11+/m1/s1. The van der Waals surface area contributed by atoms with Crippen LogP contribution in [0.2, 0.25) is 0 Å². The molecule has 3 heteroatoms. The first-order valence-electron chi connectivity index (χ1n) is 5.24. The predicted molar refractivity (Wildman–Crippen MR) is 57.4 cm³/mol. The Labute approximate surface area is 89.1 Å². The van der Waals surface area contributed by atoms with Crippen molar-refractivity contribution in [2.45, 2.75) is 24.8 Å². The Bertz CT molecular complexity index is 337. The van der Waals surface area contributed by atoms with E-state index in [1.807, 2.05) is 30.3 Å². The SMILES string of the molecule is O=C1C[C@H](c2ccccc2)C[C@@H](CO)N1. The number of aliphatic hydroxyl groups excluding tert-OH is 1. The summed E-state index contributed by atoms with van der Waals surface area (Å²) in [5.41, 5.74) is 1.19. The number of hydrogen-bond acceptors (Lipinski definition) is 2. The van der Waals surface area contributed by atoms with Crippen LogP contribution in [0.15, 0.2) is 30.3 Å². The molecule has 0 spiro atoms. The number of carbonyl (C=O) groups excluding carboxylic acids is 1. The Kier molecular flexibility index (Phi) is 3.02. The smallest absolute Gasteiger partial charge is 0.220 e. The highest BCUT2D eigenvalue weighted by Gasteiger charge is 2.26. The van der Waals surface area contributed by atoms with Gasteiger partial charge in [0.25, 0.3) is 0 Å². The van der Waals surface area contributed by atoms with Gasteiger partial charge in [-0.25, -0.2) is 0 Å². The molecule has 0 saturated carbocycles. The molecule has 0 bridgehead atoms. The molecule has 15 heavy (non-hydrogen) atoms. The second-order valence-electron chi connectivity index (χ2n) is 3.99. The molecule has 0 aliphatic carbocycles. The zero-order valence-corrected chi connectivity index (χ0v) is 8.52. The van der Waals surface area contributed by atoms with Crippen LogP contribution < -0.4 is 5.32 Å². The Morgan fingerprint density at radius 1 is 1.33 bits per heavy atom. The molecule has 1 heterocycles. The summed E-state index contributed by atoms with van der Waals surface area (Å²) in [7, 11) is 0. The molecule has 3 nitrogen and oxygen atoms in total. The first-order valence-corrected chi connectivity index (χ1v) is 5.24. The average molecular weight is 205 g/mol. The number of nitrogens with one attached hydrogen (secondary N) is 1. The van der Waals surface area contributed by atoms with Crippen molar-refractivity contribution in [1.29, 1.82) is 0 Å². The lowest BCUT2D eigenvalue weighted by atomic mass is 9.86. The van der Waals surface area contributed by atoms with Crippen molar-refractivity contribution < 1.29 is 9.90 Å². The number of rotatable bonds is 2. The third kappa shape index (κ3) is 2.36. The zero-order valence-electron chi connectivity index (χ0n) is 8.52. The number of hydrogen-bond donors (Lipinski definition) is 2. The van der Waals surface area contributed by atoms with E-state index in [1.54, 1.807) is 0 Å². The predicted octanol–water partition coefficient (Wildman–Crippen LogP) is 1.04. The maximum Gasteiger partial charge on any atom is 0.220 e. The van der Waals surface area contributed by atoms with Gasteiger partial charge in [-0.15, -0.1) is 0 Å². The molecule has 1 aromatic rings. The van der Waals surface area contributed by atoms with Crippen LogP contribution in [0.1, 0.15) is 24.3 Å². The van der Waals surface area contributed by atoms with Crippen LogP contribution in [-0.4, -0.2) is 23.7 Å². The van der Waals surface area contributed by atoms with Crippen LogP contribution in [-0.2, 0) is 4.79 Å². The maximum atomic E-state index is 11.4. The number of amides is 1. The van der Waals surface area contributed by atoms with E-state index >= 15 is 0 Å². The van der Waals surface area contributed by atoms with Crippen molar-refractivity contribution in [3.8, 4) is 0 Å². The van der Waals surface area contributed by atoms with Crippen molar-refractivity contribution >= 4 is 5.91 Å². The highest BCUT2D eigenvalue weighted by atomic mass is 16.3. The molecule has 1 fully saturated rings. The van der Waals surface area contributed by atoms with Crippen LogP contribution >= 0.6 is 0 Å². The molecule has 1 saturated heterocycles. The van der Waals surface area contributed by atoms with Gasteiger partial charge in [0.05, 0.1) is 12.6 Å². The highest BCUT2D eigenvalue weighted by molar-refractivity contribution is 5.78.